The molecular formula is C9H8N4. The van der Waals surface area contributed by atoms with Crippen LogP contribution in [-0.2, 0) is 0 Å². The van der Waals surface area contributed by atoms with Gasteiger partial charge in [-0.25, -0.2) is 4.98 Å². The van der Waals surface area contributed by atoms with Crippen molar-refractivity contribution in [1.29, 1.82) is 10.5 Å². The van der Waals surface area contributed by atoms with Crippen molar-refractivity contribution in [3.63, 3.8) is 0 Å². The van der Waals surface area contributed by atoms with Crippen molar-refractivity contribution in [2.45, 2.75) is 12.5 Å². The van der Waals surface area contributed by atoms with E-state index in [9.17, 15) is 0 Å². The van der Waals surface area contributed by atoms with Gasteiger partial charge in [0.1, 0.15) is 11.8 Å². The largest absolute Gasteiger partial charge is 0.322 e. The van der Waals surface area contributed by atoms with Gasteiger partial charge in [-0.2, -0.15) is 10.5 Å². The molecule has 0 aliphatic carbocycles. The highest BCUT2D eigenvalue weighted by molar-refractivity contribution is 5.23. The maximum Gasteiger partial charge on any atom is 0.140 e. The van der Waals surface area contributed by atoms with Gasteiger partial charge in [0.2, 0.25) is 0 Å². The summed E-state index contributed by atoms with van der Waals surface area (Å²) in [7, 11) is 0. The van der Waals surface area contributed by atoms with Gasteiger partial charge in [-0.05, 0) is 12.1 Å². The summed E-state index contributed by atoms with van der Waals surface area (Å²) >= 11 is 0. The molecule has 0 bridgehead atoms. The zero-order valence-electron chi connectivity index (χ0n) is 6.94. The lowest BCUT2D eigenvalue weighted by molar-refractivity contribution is 0.718. The summed E-state index contributed by atoms with van der Waals surface area (Å²) in [6.07, 6.45) is 0.210. The molecule has 2 N–H and O–H groups in total. The molecule has 4 nitrogen and oxygen atoms in total. The van der Waals surface area contributed by atoms with Crippen molar-refractivity contribution in [3.8, 4) is 12.1 Å². The van der Waals surface area contributed by atoms with E-state index in [1.165, 1.54) is 0 Å². The number of nitrogens with zero attached hydrogens (tertiary/aromatic N) is 3. The SMILES string of the molecule is N#CCC(N)c1cccc(C#N)n1. The number of nitriles is 2. The van der Waals surface area contributed by atoms with Crippen LogP contribution in [0.15, 0.2) is 18.2 Å². The molecule has 1 atom stereocenters. The van der Waals surface area contributed by atoms with Crippen molar-refractivity contribution < 1.29 is 0 Å². The van der Waals surface area contributed by atoms with Crippen LogP contribution in [-0.4, -0.2) is 4.98 Å². The van der Waals surface area contributed by atoms with Gasteiger partial charge in [0.25, 0.3) is 0 Å². The third kappa shape index (κ3) is 2.26. The van der Waals surface area contributed by atoms with E-state index in [0.29, 0.717) is 11.4 Å². The molecule has 1 rings (SSSR count). The van der Waals surface area contributed by atoms with E-state index in [1.54, 1.807) is 18.2 Å². The Morgan fingerprint density at radius 1 is 1.46 bits per heavy atom. The first-order valence-electron chi connectivity index (χ1n) is 3.77. The summed E-state index contributed by atoms with van der Waals surface area (Å²) in [5, 5.41) is 17.0. The lowest BCUT2D eigenvalue weighted by Crippen LogP contribution is -2.11. The van der Waals surface area contributed by atoms with E-state index in [4.69, 9.17) is 16.3 Å². The molecule has 0 fully saturated rings. The Hall–Kier alpha value is -1.91. The molecule has 13 heavy (non-hydrogen) atoms. The molecule has 0 spiro atoms. The van der Waals surface area contributed by atoms with Crippen LogP contribution in [0.3, 0.4) is 0 Å². The van der Waals surface area contributed by atoms with E-state index in [1.807, 2.05) is 12.1 Å². The minimum atomic E-state index is -0.404. The fraction of sp³-hybridized carbons (Fsp3) is 0.222. The molecule has 0 saturated heterocycles. The van der Waals surface area contributed by atoms with Crippen LogP contribution in [0.25, 0.3) is 0 Å². The van der Waals surface area contributed by atoms with Crippen LogP contribution in [0.4, 0.5) is 0 Å². The molecule has 0 aromatic carbocycles. The van der Waals surface area contributed by atoms with Crippen LogP contribution >= 0.6 is 0 Å². The van der Waals surface area contributed by atoms with E-state index in [0.717, 1.165) is 0 Å². The van der Waals surface area contributed by atoms with Gasteiger partial charge in [-0.3, -0.25) is 0 Å². The summed E-state index contributed by atoms with van der Waals surface area (Å²) < 4.78 is 0. The lowest BCUT2D eigenvalue weighted by atomic mass is 10.1. The van der Waals surface area contributed by atoms with Gasteiger partial charge in [-0.15, -0.1) is 0 Å². The fourth-order valence-electron chi connectivity index (χ4n) is 0.923. The van der Waals surface area contributed by atoms with Gasteiger partial charge in [-0.1, -0.05) is 6.07 Å². The average Bonchev–Trinajstić information content (AvgIpc) is 2.18. The zero-order chi connectivity index (χ0) is 9.68. The van der Waals surface area contributed by atoms with Crippen LogP contribution in [0.5, 0.6) is 0 Å². The van der Waals surface area contributed by atoms with Crippen LogP contribution < -0.4 is 5.73 Å². The first kappa shape index (κ1) is 9.18. The third-order valence-corrected chi connectivity index (χ3v) is 1.58. The summed E-state index contributed by atoms with van der Waals surface area (Å²) in [6.45, 7) is 0. The molecule has 0 amide bonds. The fourth-order valence-corrected chi connectivity index (χ4v) is 0.923. The molecule has 0 saturated carbocycles. The third-order valence-electron chi connectivity index (χ3n) is 1.58. The summed E-state index contributed by atoms with van der Waals surface area (Å²) in [4.78, 5) is 3.97. The molecule has 1 unspecified atom stereocenters. The van der Waals surface area contributed by atoms with Crippen LogP contribution in [0.1, 0.15) is 23.9 Å². The number of nitrogens with two attached hydrogens (primary N) is 1. The van der Waals surface area contributed by atoms with Gasteiger partial charge in [0.05, 0.1) is 24.2 Å². The molecule has 1 heterocycles. The zero-order valence-corrected chi connectivity index (χ0v) is 6.94. The van der Waals surface area contributed by atoms with Crippen molar-refractivity contribution in [2.75, 3.05) is 0 Å². The van der Waals surface area contributed by atoms with Gasteiger partial charge in [0.15, 0.2) is 0 Å². The number of aromatic nitrogens is 1. The normalized spacial score (nSPS) is 11.3. The van der Waals surface area contributed by atoms with Gasteiger partial charge in [0, 0.05) is 0 Å². The van der Waals surface area contributed by atoms with E-state index >= 15 is 0 Å². The minimum absolute atomic E-state index is 0.210. The Morgan fingerprint density at radius 3 is 2.85 bits per heavy atom. The number of pyridine rings is 1. The Balaban J connectivity index is 2.91. The predicted octanol–water partition coefficient (Wildman–Crippen LogP) is 0.867. The maximum absolute atomic E-state index is 8.56. The molecule has 1 aromatic rings. The Bertz CT molecular complexity index is 372. The van der Waals surface area contributed by atoms with Crippen LogP contribution in [0.2, 0.25) is 0 Å². The molecule has 1 aromatic heterocycles. The first-order valence-corrected chi connectivity index (χ1v) is 3.77. The van der Waals surface area contributed by atoms with Crippen molar-refractivity contribution >= 4 is 0 Å². The molecule has 0 aliphatic rings. The number of rotatable bonds is 2. The predicted molar refractivity (Wildman–Crippen MR) is 46.1 cm³/mol. The lowest BCUT2D eigenvalue weighted by Gasteiger charge is -2.05. The number of hydrogen-bond acceptors (Lipinski definition) is 4. The molecular weight excluding hydrogens is 164 g/mol. The van der Waals surface area contributed by atoms with Crippen molar-refractivity contribution in [3.05, 3.63) is 29.6 Å². The second-order valence-corrected chi connectivity index (χ2v) is 2.53. The Kier molecular flexibility index (Phi) is 2.97. The average molecular weight is 172 g/mol. The summed E-state index contributed by atoms with van der Waals surface area (Å²) in [5.41, 5.74) is 6.54. The maximum atomic E-state index is 8.56. The highest BCUT2D eigenvalue weighted by Gasteiger charge is 2.06. The summed E-state index contributed by atoms with van der Waals surface area (Å²) in [6, 6.07) is 8.48. The highest BCUT2D eigenvalue weighted by atomic mass is 14.8. The highest BCUT2D eigenvalue weighted by Crippen LogP contribution is 2.10. The van der Waals surface area contributed by atoms with Crippen molar-refractivity contribution in [1.82, 2.24) is 4.98 Å². The molecule has 0 aliphatic heterocycles. The molecule has 4 heteroatoms. The molecule has 64 valence electrons. The first-order chi connectivity index (χ1) is 6.27. The monoisotopic (exact) mass is 172 g/mol. The second-order valence-electron chi connectivity index (χ2n) is 2.53. The van der Waals surface area contributed by atoms with E-state index in [-0.39, 0.29) is 6.42 Å². The Labute approximate surface area is 76.2 Å². The molecule has 0 radical (unpaired) electrons. The minimum Gasteiger partial charge on any atom is -0.322 e. The number of hydrogen-bond donors (Lipinski definition) is 1. The standard InChI is InChI=1S/C9H8N4/c10-5-4-8(12)9-3-1-2-7(6-11)13-9/h1-3,8H,4,12H2. The topological polar surface area (TPSA) is 86.5 Å². The van der Waals surface area contributed by atoms with Gasteiger partial charge >= 0.3 is 0 Å². The van der Waals surface area contributed by atoms with Crippen molar-refractivity contribution in [2.24, 2.45) is 5.73 Å². The van der Waals surface area contributed by atoms with Crippen LogP contribution in [0, 0.1) is 22.7 Å². The smallest absolute Gasteiger partial charge is 0.140 e. The summed E-state index contributed by atoms with van der Waals surface area (Å²) in [5.74, 6) is 0. The quantitative estimate of drug-likeness (QED) is 0.716. The van der Waals surface area contributed by atoms with E-state index in [2.05, 4.69) is 4.98 Å². The van der Waals surface area contributed by atoms with E-state index < -0.39 is 6.04 Å². The van der Waals surface area contributed by atoms with Gasteiger partial charge < -0.3 is 5.73 Å². The Morgan fingerprint density at radius 2 is 2.23 bits per heavy atom. The second kappa shape index (κ2) is 4.20.